The van der Waals surface area contributed by atoms with E-state index in [0.717, 1.165) is 22.4 Å². The summed E-state index contributed by atoms with van der Waals surface area (Å²) in [6, 6.07) is 8.92. The Hall–Kier alpha value is -2.41. The van der Waals surface area contributed by atoms with Gasteiger partial charge in [0.15, 0.2) is 4.88 Å². The number of rotatable bonds is 2. The highest BCUT2D eigenvalue weighted by atomic mass is 32.1. The third kappa shape index (κ3) is 1.84. The Morgan fingerprint density at radius 3 is 3.00 bits per heavy atom. The number of thiophene rings is 1. The normalized spacial score (nSPS) is 10.8. The molecule has 0 fully saturated rings. The van der Waals surface area contributed by atoms with Gasteiger partial charge in [0.05, 0.1) is 12.6 Å². The van der Waals surface area contributed by atoms with Crippen LogP contribution in [0.25, 0.3) is 16.0 Å². The lowest BCUT2D eigenvalue weighted by molar-refractivity contribution is 0.0603. The van der Waals surface area contributed by atoms with Crippen molar-refractivity contribution in [1.29, 1.82) is 0 Å². The molecular weight excluding hydrogens is 266 g/mol. The Bertz CT molecular complexity index is 763. The van der Waals surface area contributed by atoms with Gasteiger partial charge in [0.1, 0.15) is 16.3 Å². The van der Waals surface area contributed by atoms with Crippen LogP contribution in [0.15, 0.2) is 30.3 Å². The third-order valence-electron chi connectivity index (χ3n) is 2.63. The SMILES string of the molecule is COC(=O)c1sc(-n2nnc3ccccc32)cc1O. The first kappa shape index (κ1) is 11.7. The largest absolute Gasteiger partial charge is 0.506 e. The fourth-order valence-corrected chi connectivity index (χ4v) is 2.68. The van der Waals surface area contributed by atoms with Gasteiger partial charge in [-0.1, -0.05) is 17.3 Å². The summed E-state index contributed by atoms with van der Waals surface area (Å²) >= 11 is 1.10. The summed E-state index contributed by atoms with van der Waals surface area (Å²) in [5.74, 6) is -0.690. The van der Waals surface area contributed by atoms with Crippen LogP contribution in [0.4, 0.5) is 0 Å². The predicted octanol–water partition coefficient (Wildman–Crippen LogP) is 1.97. The van der Waals surface area contributed by atoms with Crippen molar-refractivity contribution in [2.75, 3.05) is 7.11 Å². The number of methoxy groups -OCH3 is 1. The Kier molecular flexibility index (Phi) is 2.68. The van der Waals surface area contributed by atoms with Gasteiger partial charge in [-0.25, -0.2) is 9.48 Å². The lowest BCUT2D eigenvalue weighted by atomic mass is 10.3. The number of hydrogen-bond acceptors (Lipinski definition) is 6. The van der Waals surface area contributed by atoms with Crippen molar-refractivity contribution in [3.8, 4) is 10.8 Å². The highest BCUT2D eigenvalue weighted by Gasteiger charge is 2.18. The summed E-state index contributed by atoms with van der Waals surface area (Å²) in [6.07, 6.45) is 0. The molecule has 2 heterocycles. The van der Waals surface area contributed by atoms with E-state index in [2.05, 4.69) is 15.0 Å². The zero-order valence-corrected chi connectivity index (χ0v) is 10.7. The van der Waals surface area contributed by atoms with Crippen molar-refractivity contribution in [3.63, 3.8) is 0 Å². The molecule has 3 rings (SSSR count). The highest BCUT2D eigenvalue weighted by Crippen LogP contribution is 2.32. The zero-order valence-electron chi connectivity index (χ0n) is 9.90. The van der Waals surface area contributed by atoms with Gasteiger partial charge in [0.25, 0.3) is 0 Å². The molecular formula is C12H9N3O3S. The summed E-state index contributed by atoms with van der Waals surface area (Å²) in [5.41, 5.74) is 1.55. The van der Waals surface area contributed by atoms with Crippen LogP contribution in [0.5, 0.6) is 5.75 Å². The van der Waals surface area contributed by atoms with Crippen LogP contribution in [-0.2, 0) is 4.74 Å². The molecule has 0 atom stereocenters. The molecule has 1 aromatic carbocycles. The van der Waals surface area contributed by atoms with E-state index >= 15 is 0 Å². The fourth-order valence-electron chi connectivity index (χ4n) is 1.74. The van der Waals surface area contributed by atoms with Crippen molar-refractivity contribution < 1.29 is 14.6 Å². The minimum absolute atomic E-state index is 0.119. The van der Waals surface area contributed by atoms with Gasteiger partial charge in [-0.15, -0.1) is 16.4 Å². The number of para-hydroxylation sites is 1. The molecule has 3 aromatic rings. The maximum atomic E-state index is 11.5. The van der Waals surface area contributed by atoms with E-state index in [0.29, 0.717) is 5.00 Å². The smallest absolute Gasteiger partial charge is 0.351 e. The number of hydrogen-bond donors (Lipinski definition) is 1. The molecule has 0 aliphatic rings. The molecule has 0 saturated heterocycles. The second-order valence-electron chi connectivity index (χ2n) is 3.78. The van der Waals surface area contributed by atoms with Gasteiger partial charge in [0, 0.05) is 6.07 Å². The number of aromatic nitrogens is 3. The van der Waals surface area contributed by atoms with Crippen molar-refractivity contribution >= 4 is 28.3 Å². The average Bonchev–Trinajstić information content (AvgIpc) is 3.01. The van der Waals surface area contributed by atoms with Gasteiger partial charge >= 0.3 is 5.97 Å². The van der Waals surface area contributed by atoms with E-state index in [4.69, 9.17) is 0 Å². The van der Waals surface area contributed by atoms with Crippen LogP contribution in [0.1, 0.15) is 9.67 Å². The number of esters is 1. The summed E-state index contributed by atoms with van der Waals surface area (Å²) in [6.45, 7) is 0. The van der Waals surface area contributed by atoms with E-state index < -0.39 is 5.97 Å². The molecule has 2 aromatic heterocycles. The minimum atomic E-state index is -0.571. The van der Waals surface area contributed by atoms with Crippen molar-refractivity contribution in [2.24, 2.45) is 0 Å². The molecule has 0 aliphatic carbocycles. The van der Waals surface area contributed by atoms with Crippen molar-refractivity contribution in [3.05, 3.63) is 35.2 Å². The van der Waals surface area contributed by atoms with Gasteiger partial charge in [0.2, 0.25) is 0 Å². The summed E-state index contributed by atoms with van der Waals surface area (Å²) in [4.78, 5) is 11.6. The number of nitrogens with zero attached hydrogens (tertiary/aromatic N) is 3. The average molecular weight is 275 g/mol. The number of fused-ring (bicyclic) bond motifs is 1. The predicted molar refractivity (Wildman–Crippen MR) is 69.7 cm³/mol. The van der Waals surface area contributed by atoms with Gasteiger partial charge < -0.3 is 9.84 Å². The molecule has 6 nitrogen and oxygen atoms in total. The molecule has 0 amide bonds. The maximum Gasteiger partial charge on any atom is 0.351 e. The van der Waals surface area contributed by atoms with Crippen LogP contribution < -0.4 is 0 Å². The third-order valence-corrected chi connectivity index (χ3v) is 3.71. The summed E-state index contributed by atoms with van der Waals surface area (Å²) < 4.78 is 6.18. The molecule has 19 heavy (non-hydrogen) atoms. The lowest BCUT2D eigenvalue weighted by Gasteiger charge is -1.96. The van der Waals surface area contributed by atoms with E-state index in [1.54, 1.807) is 4.68 Å². The van der Waals surface area contributed by atoms with Crippen LogP contribution in [0, 0.1) is 0 Å². The second-order valence-corrected chi connectivity index (χ2v) is 4.81. The molecule has 0 saturated carbocycles. The molecule has 0 radical (unpaired) electrons. The topological polar surface area (TPSA) is 77.2 Å². The van der Waals surface area contributed by atoms with Crippen LogP contribution >= 0.6 is 11.3 Å². The molecule has 1 N–H and O–H groups in total. The van der Waals surface area contributed by atoms with Gasteiger partial charge in [-0.05, 0) is 12.1 Å². The van der Waals surface area contributed by atoms with Crippen LogP contribution in [-0.4, -0.2) is 33.2 Å². The summed E-state index contributed by atoms with van der Waals surface area (Å²) in [7, 11) is 1.27. The Balaban J connectivity index is 2.15. The van der Waals surface area contributed by atoms with Crippen molar-refractivity contribution in [1.82, 2.24) is 15.0 Å². The lowest BCUT2D eigenvalue weighted by Crippen LogP contribution is -1.97. The first-order chi connectivity index (χ1) is 9.20. The first-order valence-corrected chi connectivity index (χ1v) is 6.24. The van der Waals surface area contributed by atoms with E-state index in [1.165, 1.54) is 13.2 Å². The number of benzene rings is 1. The molecule has 0 spiro atoms. The zero-order chi connectivity index (χ0) is 13.4. The second kappa shape index (κ2) is 4.36. The van der Waals surface area contributed by atoms with Crippen LogP contribution in [0.2, 0.25) is 0 Å². The van der Waals surface area contributed by atoms with E-state index in [1.807, 2.05) is 24.3 Å². The standard InChI is InChI=1S/C12H9N3O3S/c1-18-12(17)11-9(16)6-10(19-11)15-8-5-3-2-4-7(8)13-14-15/h2-6,16H,1H3. The number of aromatic hydroxyl groups is 1. The number of carbonyl (C=O) groups is 1. The Morgan fingerprint density at radius 2 is 2.21 bits per heavy atom. The van der Waals surface area contributed by atoms with Crippen LogP contribution in [0.3, 0.4) is 0 Å². The minimum Gasteiger partial charge on any atom is -0.506 e. The molecule has 7 heteroatoms. The van der Waals surface area contributed by atoms with Gasteiger partial charge in [-0.2, -0.15) is 0 Å². The number of ether oxygens (including phenoxy) is 1. The highest BCUT2D eigenvalue weighted by molar-refractivity contribution is 7.16. The quantitative estimate of drug-likeness (QED) is 0.723. The van der Waals surface area contributed by atoms with E-state index in [-0.39, 0.29) is 10.6 Å². The molecule has 0 aliphatic heterocycles. The van der Waals surface area contributed by atoms with E-state index in [9.17, 15) is 9.90 Å². The number of carbonyl (C=O) groups excluding carboxylic acids is 1. The summed E-state index contributed by atoms with van der Waals surface area (Å²) in [5, 5.41) is 18.4. The molecule has 96 valence electrons. The Morgan fingerprint density at radius 1 is 1.42 bits per heavy atom. The fraction of sp³-hybridized carbons (Fsp3) is 0.0833. The van der Waals surface area contributed by atoms with Gasteiger partial charge in [-0.3, -0.25) is 0 Å². The van der Waals surface area contributed by atoms with Crippen molar-refractivity contribution in [2.45, 2.75) is 0 Å². The first-order valence-electron chi connectivity index (χ1n) is 5.42. The molecule has 0 unspecified atom stereocenters. The molecule has 0 bridgehead atoms. The monoisotopic (exact) mass is 275 g/mol. The Labute approximate surface area is 111 Å². The maximum absolute atomic E-state index is 11.5.